The van der Waals surface area contributed by atoms with E-state index in [-0.39, 0.29) is 5.75 Å². The highest BCUT2D eigenvalue weighted by molar-refractivity contribution is 7.99. The molecule has 0 saturated carbocycles. The first kappa shape index (κ1) is 13.6. The number of rotatable bonds is 4. The van der Waals surface area contributed by atoms with Gasteiger partial charge >= 0.3 is 5.97 Å². The highest BCUT2D eigenvalue weighted by Gasteiger charge is 2.11. The van der Waals surface area contributed by atoms with Crippen LogP contribution >= 0.6 is 11.8 Å². The van der Waals surface area contributed by atoms with E-state index < -0.39 is 5.97 Å². The lowest BCUT2D eigenvalue weighted by Crippen LogP contribution is -2.00. The van der Waals surface area contributed by atoms with Gasteiger partial charge < -0.3 is 5.11 Å². The maximum absolute atomic E-state index is 10.6. The van der Waals surface area contributed by atoms with Crippen molar-refractivity contribution < 1.29 is 9.90 Å². The molecule has 0 bridgehead atoms. The molecule has 5 nitrogen and oxygen atoms in total. The summed E-state index contributed by atoms with van der Waals surface area (Å²) in [4.78, 5) is 14.9. The Morgan fingerprint density at radius 1 is 1.37 bits per heavy atom. The van der Waals surface area contributed by atoms with Crippen LogP contribution < -0.4 is 0 Å². The fraction of sp³-hybridized carbons (Fsp3) is 0.308. The molecule has 0 atom stereocenters. The van der Waals surface area contributed by atoms with Gasteiger partial charge in [0.05, 0.1) is 5.75 Å². The van der Waals surface area contributed by atoms with Crippen molar-refractivity contribution in [3.63, 3.8) is 0 Å². The Balaban J connectivity index is 2.28. The molecular weight excluding hydrogens is 262 g/mol. The van der Waals surface area contributed by atoms with E-state index >= 15 is 0 Å². The molecule has 0 aliphatic heterocycles. The Morgan fingerprint density at radius 3 is 2.74 bits per heavy atom. The third-order valence-electron chi connectivity index (χ3n) is 2.81. The maximum Gasteiger partial charge on any atom is 0.313 e. The number of carbonyl (C=O) groups is 1. The van der Waals surface area contributed by atoms with Crippen molar-refractivity contribution >= 4 is 17.7 Å². The first-order valence-corrected chi connectivity index (χ1v) is 6.79. The van der Waals surface area contributed by atoms with Crippen LogP contribution in [0.25, 0.3) is 11.4 Å². The van der Waals surface area contributed by atoms with Crippen molar-refractivity contribution in [1.82, 2.24) is 14.8 Å². The van der Waals surface area contributed by atoms with Crippen LogP contribution in [0.1, 0.15) is 11.1 Å². The standard InChI is InChI=1S/C13H15N3O2S/c1-8-4-5-10(6-9(8)2)12-14-13(16(3)15-12)19-7-11(17)18/h4-6H,7H2,1-3H3,(H,17,18). The van der Waals surface area contributed by atoms with Gasteiger partial charge in [0.25, 0.3) is 0 Å². The van der Waals surface area contributed by atoms with Gasteiger partial charge in [-0.15, -0.1) is 0 Å². The number of carboxylic acids is 1. The number of carboxylic acid groups (broad SMARTS) is 1. The number of aryl methyl sites for hydroxylation is 3. The molecule has 2 rings (SSSR count). The lowest BCUT2D eigenvalue weighted by Gasteiger charge is -2.01. The Morgan fingerprint density at radius 2 is 2.11 bits per heavy atom. The predicted octanol–water partition coefficient (Wildman–Crippen LogP) is 2.28. The van der Waals surface area contributed by atoms with Crippen LogP contribution in [0.15, 0.2) is 23.4 Å². The van der Waals surface area contributed by atoms with Gasteiger partial charge in [0, 0.05) is 12.6 Å². The van der Waals surface area contributed by atoms with E-state index in [4.69, 9.17) is 5.11 Å². The van der Waals surface area contributed by atoms with E-state index in [0.29, 0.717) is 11.0 Å². The largest absolute Gasteiger partial charge is 0.481 e. The molecule has 1 aromatic heterocycles. The Bertz CT molecular complexity index is 622. The van der Waals surface area contributed by atoms with Gasteiger partial charge in [0.15, 0.2) is 11.0 Å². The molecular formula is C13H15N3O2S. The molecule has 100 valence electrons. The summed E-state index contributed by atoms with van der Waals surface area (Å²) in [6.45, 7) is 4.10. The lowest BCUT2D eigenvalue weighted by molar-refractivity contribution is -0.133. The van der Waals surface area contributed by atoms with Crippen molar-refractivity contribution in [2.24, 2.45) is 7.05 Å². The zero-order chi connectivity index (χ0) is 14.0. The minimum Gasteiger partial charge on any atom is -0.481 e. The van der Waals surface area contributed by atoms with Crippen molar-refractivity contribution in [3.05, 3.63) is 29.3 Å². The van der Waals surface area contributed by atoms with Crippen LogP contribution in [0.3, 0.4) is 0 Å². The van der Waals surface area contributed by atoms with E-state index in [1.165, 1.54) is 22.9 Å². The van der Waals surface area contributed by atoms with Crippen LogP contribution in [0.4, 0.5) is 0 Å². The molecule has 0 unspecified atom stereocenters. The molecule has 0 spiro atoms. The SMILES string of the molecule is Cc1ccc(-c2nc(SCC(=O)O)n(C)n2)cc1C. The maximum atomic E-state index is 10.6. The quantitative estimate of drug-likeness (QED) is 0.868. The summed E-state index contributed by atoms with van der Waals surface area (Å²) in [6, 6.07) is 6.05. The molecule has 0 aliphatic carbocycles. The summed E-state index contributed by atoms with van der Waals surface area (Å²) < 4.78 is 1.61. The average molecular weight is 277 g/mol. The molecule has 0 fully saturated rings. The Labute approximate surface area is 115 Å². The number of thioether (sulfide) groups is 1. The third kappa shape index (κ3) is 3.14. The molecule has 0 saturated heterocycles. The van der Waals surface area contributed by atoms with Crippen molar-refractivity contribution in [3.8, 4) is 11.4 Å². The molecule has 0 radical (unpaired) electrons. The predicted molar refractivity (Wildman–Crippen MR) is 74.3 cm³/mol. The van der Waals surface area contributed by atoms with E-state index in [1.54, 1.807) is 11.7 Å². The second kappa shape index (κ2) is 5.44. The molecule has 1 aromatic carbocycles. The Hall–Kier alpha value is -1.82. The normalized spacial score (nSPS) is 10.7. The summed E-state index contributed by atoms with van der Waals surface area (Å²) in [5, 5.41) is 13.6. The third-order valence-corrected chi connectivity index (χ3v) is 3.82. The van der Waals surface area contributed by atoms with E-state index in [1.807, 2.05) is 25.1 Å². The number of aromatic nitrogens is 3. The fourth-order valence-electron chi connectivity index (χ4n) is 1.62. The zero-order valence-electron chi connectivity index (χ0n) is 11.0. The van der Waals surface area contributed by atoms with Gasteiger partial charge in [-0.25, -0.2) is 9.67 Å². The van der Waals surface area contributed by atoms with Crippen molar-refractivity contribution in [2.45, 2.75) is 19.0 Å². The lowest BCUT2D eigenvalue weighted by atomic mass is 10.1. The van der Waals surface area contributed by atoms with Crippen LogP contribution in [0, 0.1) is 13.8 Å². The highest BCUT2D eigenvalue weighted by Crippen LogP contribution is 2.22. The molecule has 1 N–H and O–H groups in total. The molecule has 1 heterocycles. The number of hydrogen-bond donors (Lipinski definition) is 1. The van der Waals surface area contributed by atoms with Gasteiger partial charge in [-0.05, 0) is 31.0 Å². The van der Waals surface area contributed by atoms with Gasteiger partial charge in [-0.2, -0.15) is 5.10 Å². The Kier molecular flexibility index (Phi) is 3.90. The van der Waals surface area contributed by atoms with Crippen LogP contribution in [0.5, 0.6) is 0 Å². The monoisotopic (exact) mass is 277 g/mol. The number of hydrogen-bond acceptors (Lipinski definition) is 4. The first-order valence-electron chi connectivity index (χ1n) is 5.80. The van der Waals surface area contributed by atoms with Crippen LogP contribution in [0.2, 0.25) is 0 Å². The number of nitrogens with zero attached hydrogens (tertiary/aromatic N) is 3. The summed E-state index contributed by atoms with van der Waals surface area (Å²) in [7, 11) is 1.77. The van der Waals surface area contributed by atoms with Gasteiger partial charge in [0.1, 0.15) is 0 Å². The minimum absolute atomic E-state index is 0.0150. The second-order valence-corrected chi connectivity index (χ2v) is 5.27. The van der Waals surface area contributed by atoms with Crippen LogP contribution in [-0.4, -0.2) is 31.6 Å². The fourth-order valence-corrected chi connectivity index (χ4v) is 2.26. The molecule has 6 heteroatoms. The summed E-state index contributed by atoms with van der Waals surface area (Å²) in [6.07, 6.45) is 0. The number of aliphatic carboxylic acids is 1. The van der Waals surface area contributed by atoms with E-state index in [0.717, 1.165) is 5.56 Å². The molecule has 0 aliphatic rings. The second-order valence-electron chi connectivity index (χ2n) is 4.32. The smallest absolute Gasteiger partial charge is 0.313 e. The van der Waals surface area contributed by atoms with Gasteiger partial charge in [-0.1, -0.05) is 23.9 Å². The van der Waals surface area contributed by atoms with Crippen molar-refractivity contribution in [2.75, 3.05) is 5.75 Å². The first-order chi connectivity index (χ1) is 8.97. The topological polar surface area (TPSA) is 68.0 Å². The molecule has 19 heavy (non-hydrogen) atoms. The number of benzene rings is 1. The molecule has 0 amide bonds. The van der Waals surface area contributed by atoms with Gasteiger partial charge in [-0.3, -0.25) is 4.79 Å². The van der Waals surface area contributed by atoms with E-state index in [2.05, 4.69) is 17.0 Å². The van der Waals surface area contributed by atoms with Gasteiger partial charge in [0.2, 0.25) is 0 Å². The average Bonchev–Trinajstić information content (AvgIpc) is 2.71. The summed E-state index contributed by atoms with van der Waals surface area (Å²) >= 11 is 1.17. The van der Waals surface area contributed by atoms with Crippen molar-refractivity contribution in [1.29, 1.82) is 0 Å². The zero-order valence-corrected chi connectivity index (χ0v) is 11.9. The van der Waals surface area contributed by atoms with Crippen LogP contribution in [-0.2, 0) is 11.8 Å². The minimum atomic E-state index is -0.860. The van der Waals surface area contributed by atoms with E-state index in [9.17, 15) is 4.79 Å². The summed E-state index contributed by atoms with van der Waals surface area (Å²) in [5.74, 6) is -0.252. The highest BCUT2D eigenvalue weighted by atomic mass is 32.2. The molecule has 2 aromatic rings. The summed E-state index contributed by atoms with van der Waals surface area (Å²) in [5.41, 5.74) is 3.35.